The van der Waals surface area contributed by atoms with Crippen LogP contribution in [0.5, 0.6) is 0 Å². The fourth-order valence-corrected chi connectivity index (χ4v) is 8.33. The largest absolute Gasteiger partial charge is 0.392 e. The summed E-state index contributed by atoms with van der Waals surface area (Å²) in [4.78, 5) is 12.4. The minimum absolute atomic E-state index is 0.0274. The van der Waals surface area contributed by atoms with Crippen molar-refractivity contribution in [3.05, 3.63) is 23.8 Å². The van der Waals surface area contributed by atoms with Gasteiger partial charge in [-0.3, -0.25) is 4.79 Å². The maximum absolute atomic E-state index is 12.4. The normalized spacial score (nSPS) is 46.1. The molecule has 0 bridgehead atoms. The van der Waals surface area contributed by atoms with Crippen molar-refractivity contribution in [1.82, 2.24) is 0 Å². The van der Waals surface area contributed by atoms with E-state index in [1.807, 2.05) is 6.92 Å². The molecule has 0 saturated heterocycles. The number of allylic oxidation sites excluding steroid dienone is 2. The molecular formula is C30H48O4. The molecule has 0 aromatic rings. The summed E-state index contributed by atoms with van der Waals surface area (Å²) in [7, 11) is 0. The van der Waals surface area contributed by atoms with Crippen LogP contribution in [0.25, 0.3) is 0 Å². The highest BCUT2D eigenvalue weighted by Crippen LogP contribution is 2.67. The molecule has 4 aliphatic rings. The second-order valence-electron chi connectivity index (χ2n) is 12.9. The zero-order chi connectivity index (χ0) is 25.1. The van der Waals surface area contributed by atoms with E-state index in [4.69, 9.17) is 4.74 Å². The second kappa shape index (κ2) is 9.16. The molecule has 3 fully saturated rings. The third kappa shape index (κ3) is 3.87. The van der Waals surface area contributed by atoms with Gasteiger partial charge in [-0.2, -0.15) is 0 Å². The van der Waals surface area contributed by atoms with Crippen LogP contribution in [0.3, 0.4) is 0 Å². The number of Topliss-reactive ketones (excluding diaryl/α,β-unsaturated/α-hetero) is 1. The Kier molecular flexibility index (Phi) is 7.03. The number of aliphatic hydroxyl groups is 2. The Morgan fingerprint density at radius 3 is 2.53 bits per heavy atom. The van der Waals surface area contributed by atoms with Gasteiger partial charge in [-0.15, -0.1) is 0 Å². The molecule has 0 spiro atoms. The molecule has 0 heterocycles. The molecular weight excluding hydrogens is 424 g/mol. The minimum atomic E-state index is -1.16. The predicted octanol–water partition coefficient (Wildman–Crippen LogP) is 5.72. The first-order valence-corrected chi connectivity index (χ1v) is 13.8. The van der Waals surface area contributed by atoms with Crippen LogP contribution in [0.1, 0.15) is 87.0 Å². The minimum Gasteiger partial charge on any atom is -0.392 e. The van der Waals surface area contributed by atoms with Crippen molar-refractivity contribution in [2.75, 3.05) is 6.61 Å². The quantitative estimate of drug-likeness (QED) is 0.485. The van der Waals surface area contributed by atoms with Gasteiger partial charge in [0.15, 0.2) is 0 Å². The standard InChI is InChI=1S/C30H48O4/c1-8-34-26-15-22-23(29(7)14-11-21(31)17-30(26,29)33)12-13-28(6)24(16-25(32)27(22)28)20(5)10-9-19(4)18(2)3/h9-10,15,18-20,23-27,32-33H,8,11-14,16-17H2,1-7H3/t19-,20+,23-,24+,25?,26?,27+,28+,29+,30?/m0/s1. The summed E-state index contributed by atoms with van der Waals surface area (Å²) in [6, 6.07) is 0. The Morgan fingerprint density at radius 2 is 1.88 bits per heavy atom. The Hall–Kier alpha value is -0.970. The van der Waals surface area contributed by atoms with E-state index in [0.29, 0.717) is 43.1 Å². The molecule has 0 aromatic carbocycles. The summed E-state index contributed by atoms with van der Waals surface area (Å²) in [5, 5.41) is 23.5. The van der Waals surface area contributed by atoms with Crippen molar-refractivity contribution < 1.29 is 19.7 Å². The number of fused-ring (bicyclic) bond motifs is 5. The number of ketones is 1. The van der Waals surface area contributed by atoms with Gasteiger partial charge in [-0.05, 0) is 67.6 Å². The van der Waals surface area contributed by atoms with Crippen LogP contribution in [0.15, 0.2) is 23.8 Å². The van der Waals surface area contributed by atoms with Gasteiger partial charge < -0.3 is 14.9 Å². The Morgan fingerprint density at radius 1 is 1.18 bits per heavy atom. The molecule has 34 heavy (non-hydrogen) atoms. The third-order valence-corrected chi connectivity index (χ3v) is 10.9. The van der Waals surface area contributed by atoms with Crippen molar-refractivity contribution in [3.8, 4) is 0 Å². The van der Waals surface area contributed by atoms with E-state index in [1.165, 1.54) is 5.57 Å². The number of rotatable bonds is 6. The van der Waals surface area contributed by atoms with E-state index < -0.39 is 17.1 Å². The first-order valence-electron chi connectivity index (χ1n) is 13.8. The molecule has 0 aromatic heterocycles. The zero-order valence-corrected chi connectivity index (χ0v) is 22.5. The van der Waals surface area contributed by atoms with E-state index >= 15 is 0 Å². The van der Waals surface area contributed by atoms with Crippen LogP contribution in [0.4, 0.5) is 0 Å². The lowest BCUT2D eigenvalue weighted by atomic mass is 9.45. The zero-order valence-electron chi connectivity index (χ0n) is 22.5. The lowest BCUT2D eigenvalue weighted by molar-refractivity contribution is -0.204. The van der Waals surface area contributed by atoms with E-state index in [-0.39, 0.29) is 35.6 Å². The van der Waals surface area contributed by atoms with Gasteiger partial charge in [0.25, 0.3) is 0 Å². The van der Waals surface area contributed by atoms with Gasteiger partial charge in [0, 0.05) is 30.8 Å². The lowest BCUT2D eigenvalue weighted by Crippen LogP contribution is -2.65. The van der Waals surface area contributed by atoms with Crippen LogP contribution in [0.2, 0.25) is 0 Å². The Balaban J connectivity index is 1.70. The van der Waals surface area contributed by atoms with Gasteiger partial charge in [0.2, 0.25) is 0 Å². The van der Waals surface area contributed by atoms with Crippen molar-refractivity contribution in [2.24, 2.45) is 46.3 Å². The summed E-state index contributed by atoms with van der Waals surface area (Å²) < 4.78 is 6.12. The van der Waals surface area contributed by atoms with Crippen molar-refractivity contribution >= 4 is 5.78 Å². The Bertz CT molecular complexity index is 845. The molecule has 10 atom stereocenters. The van der Waals surface area contributed by atoms with Crippen LogP contribution < -0.4 is 0 Å². The monoisotopic (exact) mass is 472 g/mol. The molecule has 4 nitrogen and oxygen atoms in total. The van der Waals surface area contributed by atoms with Gasteiger partial charge in [-0.25, -0.2) is 0 Å². The first-order chi connectivity index (χ1) is 15.9. The van der Waals surface area contributed by atoms with Crippen molar-refractivity contribution in [3.63, 3.8) is 0 Å². The Labute approximate surface area is 207 Å². The fraction of sp³-hybridized carbons (Fsp3) is 0.833. The third-order valence-electron chi connectivity index (χ3n) is 10.9. The van der Waals surface area contributed by atoms with Crippen LogP contribution in [-0.4, -0.2) is 40.4 Å². The SMILES string of the molecule is CCOC1C=C2[C@@H]3C(O)C[C@H]([C@H](C)C=C[C@H](C)C(C)C)[C@@]3(C)CC[C@@H]2[C@@]2(C)CCC(=O)CC12O. The highest BCUT2D eigenvalue weighted by Gasteiger charge is 2.66. The second-order valence-corrected chi connectivity index (χ2v) is 12.9. The lowest BCUT2D eigenvalue weighted by Gasteiger charge is -2.62. The molecule has 4 rings (SSSR count). The van der Waals surface area contributed by atoms with Gasteiger partial charge in [0.05, 0.1) is 6.10 Å². The summed E-state index contributed by atoms with van der Waals surface area (Å²) in [5.74, 6) is 2.44. The van der Waals surface area contributed by atoms with Crippen LogP contribution in [-0.2, 0) is 9.53 Å². The van der Waals surface area contributed by atoms with E-state index in [0.717, 1.165) is 19.3 Å². The van der Waals surface area contributed by atoms with Crippen molar-refractivity contribution in [1.29, 1.82) is 0 Å². The topological polar surface area (TPSA) is 66.8 Å². The molecule has 0 amide bonds. The molecule has 192 valence electrons. The summed E-state index contributed by atoms with van der Waals surface area (Å²) in [5.41, 5.74) is -0.232. The van der Waals surface area contributed by atoms with Crippen LogP contribution >= 0.6 is 0 Å². The predicted molar refractivity (Wildman–Crippen MR) is 136 cm³/mol. The smallest absolute Gasteiger partial charge is 0.135 e. The van der Waals surface area contributed by atoms with Gasteiger partial charge >= 0.3 is 0 Å². The summed E-state index contributed by atoms with van der Waals surface area (Å²) >= 11 is 0. The molecule has 4 heteroatoms. The highest BCUT2D eigenvalue weighted by molar-refractivity contribution is 5.81. The van der Waals surface area contributed by atoms with E-state index in [2.05, 4.69) is 59.8 Å². The summed E-state index contributed by atoms with van der Waals surface area (Å²) in [6.45, 7) is 16.2. The number of carbonyl (C=O) groups is 1. The number of aliphatic hydroxyl groups excluding tert-OH is 1. The first kappa shape index (κ1) is 26.1. The number of carbonyl (C=O) groups excluding carboxylic acids is 1. The molecule has 4 aliphatic carbocycles. The average molecular weight is 473 g/mol. The van der Waals surface area contributed by atoms with Crippen molar-refractivity contribution in [2.45, 2.75) is 105 Å². The molecule has 3 saturated carbocycles. The van der Waals surface area contributed by atoms with E-state index in [9.17, 15) is 15.0 Å². The van der Waals surface area contributed by atoms with Gasteiger partial charge in [-0.1, -0.05) is 65.3 Å². The maximum Gasteiger partial charge on any atom is 0.135 e. The molecule has 0 radical (unpaired) electrons. The number of ether oxygens (including phenoxy) is 1. The number of hydrogen-bond donors (Lipinski definition) is 2. The molecule has 2 N–H and O–H groups in total. The van der Waals surface area contributed by atoms with E-state index in [1.54, 1.807) is 0 Å². The average Bonchev–Trinajstić information content (AvgIpc) is 3.04. The molecule has 0 aliphatic heterocycles. The fourth-order valence-electron chi connectivity index (χ4n) is 8.33. The maximum atomic E-state index is 12.4. The summed E-state index contributed by atoms with van der Waals surface area (Å²) in [6.07, 6.45) is 10.3. The molecule has 3 unspecified atom stereocenters. The highest BCUT2D eigenvalue weighted by atomic mass is 16.5. The number of hydrogen-bond acceptors (Lipinski definition) is 4. The van der Waals surface area contributed by atoms with Gasteiger partial charge in [0.1, 0.15) is 17.5 Å². The van der Waals surface area contributed by atoms with Crippen LogP contribution in [0, 0.1) is 46.3 Å².